The highest BCUT2D eigenvalue weighted by molar-refractivity contribution is 5.75. The summed E-state index contributed by atoms with van der Waals surface area (Å²) in [4.78, 5) is 24.9. The Kier molecular flexibility index (Phi) is 5.98. The first-order valence-corrected chi connectivity index (χ1v) is 8.75. The molecule has 8 heteroatoms. The van der Waals surface area contributed by atoms with Crippen molar-refractivity contribution >= 4 is 23.4 Å². The first-order chi connectivity index (χ1) is 13.1. The largest absolute Gasteiger partial charge is 0.368 e. The second kappa shape index (κ2) is 8.79. The van der Waals surface area contributed by atoms with Gasteiger partial charge in [-0.05, 0) is 43.7 Å². The Balaban J connectivity index is 1.49. The lowest BCUT2D eigenvalue weighted by Gasteiger charge is -2.11. The van der Waals surface area contributed by atoms with Crippen molar-refractivity contribution in [3.63, 3.8) is 0 Å². The van der Waals surface area contributed by atoms with E-state index in [-0.39, 0.29) is 5.91 Å². The van der Waals surface area contributed by atoms with Crippen LogP contribution >= 0.6 is 0 Å². The van der Waals surface area contributed by atoms with E-state index < -0.39 is 0 Å². The maximum atomic E-state index is 11.9. The van der Waals surface area contributed by atoms with E-state index in [1.807, 2.05) is 61.1 Å². The van der Waals surface area contributed by atoms with Crippen LogP contribution in [0.5, 0.6) is 0 Å². The Morgan fingerprint density at radius 1 is 1.04 bits per heavy atom. The van der Waals surface area contributed by atoms with E-state index in [0.29, 0.717) is 37.1 Å². The Bertz CT molecular complexity index is 893. The second-order valence-electron chi connectivity index (χ2n) is 6.16. The number of nitrogens with one attached hydrogen (secondary N) is 3. The van der Waals surface area contributed by atoms with Crippen LogP contribution in [0.15, 0.2) is 48.9 Å². The van der Waals surface area contributed by atoms with Gasteiger partial charge in [0.25, 0.3) is 0 Å². The number of nitrogens with zero attached hydrogens (tertiary/aromatic N) is 4. The van der Waals surface area contributed by atoms with E-state index >= 15 is 0 Å². The highest BCUT2D eigenvalue weighted by Gasteiger charge is 2.04. The molecule has 27 heavy (non-hydrogen) atoms. The number of hydrogen-bond acceptors (Lipinski definition) is 6. The molecule has 140 valence electrons. The summed E-state index contributed by atoms with van der Waals surface area (Å²) in [5, 5.41) is 9.26. The number of aryl methyl sites for hydroxylation is 2. The van der Waals surface area contributed by atoms with Gasteiger partial charge < -0.3 is 20.5 Å². The SMILES string of the molecule is Cc1ccnc(Nc2cc(NCCNC(=O)Cn3cccc3)nc(C)n2)c1. The summed E-state index contributed by atoms with van der Waals surface area (Å²) in [5.74, 6) is 2.71. The van der Waals surface area contributed by atoms with Crippen LogP contribution in [-0.4, -0.2) is 38.5 Å². The fourth-order valence-corrected chi connectivity index (χ4v) is 2.55. The Morgan fingerprint density at radius 3 is 2.59 bits per heavy atom. The molecule has 0 aliphatic heterocycles. The van der Waals surface area contributed by atoms with Crippen molar-refractivity contribution in [2.75, 3.05) is 23.7 Å². The fraction of sp³-hybridized carbons (Fsp3) is 0.263. The molecule has 3 aromatic heterocycles. The predicted octanol–water partition coefficient (Wildman–Crippen LogP) is 2.26. The number of amides is 1. The monoisotopic (exact) mass is 365 g/mol. The van der Waals surface area contributed by atoms with E-state index in [1.165, 1.54) is 0 Å². The Morgan fingerprint density at radius 2 is 1.81 bits per heavy atom. The van der Waals surface area contributed by atoms with Crippen molar-refractivity contribution in [2.24, 2.45) is 0 Å². The molecule has 8 nitrogen and oxygen atoms in total. The summed E-state index contributed by atoms with van der Waals surface area (Å²) in [7, 11) is 0. The Labute approximate surface area is 158 Å². The summed E-state index contributed by atoms with van der Waals surface area (Å²) in [6.45, 7) is 5.23. The van der Waals surface area contributed by atoms with E-state index in [4.69, 9.17) is 0 Å². The van der Waals surface area contributed by atoms with Gasteiger partial charge in [-0.15, -0.1) is 0 Å². The molecule has 0 aliphatic carbocycles. The van der Waals surface area contributed by atoms with Crippen LogP contribution in [0.1, 0.15) is 11.4 Å². The number of hydrogen-bond donors (Lipinski definition) is 3. The summed E-state index contributed by atoms with van der Waals surface area (Å²) in [6, 6.07) is 9.49. The smallest absolute Gasteiger partial charge is 0.239 e. The Hall–Kier alpha value is -3.42. The van der Waals surface area contributed by atoms with Gasteiger partial charge in [-0.2, -0.15) is 0 Å². The van der Waals surface area contributed by atoms with Crippen molar-refractivity contribution < 1.29 is 4.79 Å². The molecular weight excluding hydrogens is 342 g/mol. The quantitative estimate of drug-likeness (QED) is 0.530. The van der Waals surface area contributed by atoms with Crippen LogP contribution in [0.25, 0.3) is 0 Å². The van der Waals surface area contributed by atoms with Gasteiger partial charge >= 0.3 is 0 Å². The third-order valence-corrected chi connectivity index (χ3v) is 3.76. The summed E-state index contributed by atoms with van der Waals surface area (Å²) in [5.41, 5.74) is 1.12. The molecule has 0 unspecified atom stereocenters. The molecule has 0 radical (unpaired) electrons. The van der Waals surface area contributed by atoms with E-state index in [2.05, 4.69) is 30.9 Å². The number of pyridine rings is 1. The van der Waals surface area contributed by atoms with Gasteiger partial charge in [-0.25, -0.2) is 15.0 Å². The number of aromatic nitrogens is 4. The summed E-state index contributed by atoms with van der Waals surface area (Å²) in [6.07, 6.45) is 5.47. The predicted molar refractivity (Wildman–Crippen MR) is 105 cm³/mol. The van der Waals surface area contributed by atoms with Crippen molar-refractivity contribution in [3.8, 4) is 0 Å². The summed E-state index contributed by atoms with van der Waals surface area (Å²) >= 11 is 0. The van der Waals surface area contributed by atoms with Crippen LogP contribution in [0, 0.1) is 13.8 Å². The first-order valence-electron chi connectivity index (χ1n) is 8.75. The fourth-order valence-electron chi connectivity index (χ4n) is 2.55. The number of rotatable bonds is 8. The zero-order valence-electron chi connectivity index (χ0n) is 15.4. The van der Waals surface area contributed by atoms with Gasteiger partial charge in [0.05, 0.1) is 0 Å². The average molecular weight is 365 g/mol. The second-order valence-corrected chi connectivity index (χ2v) is 6.16. The minimum Gasteiger partial charge on any atom is -0.368 e. The third-order valence-electron chi connectivity index (χ3n) is 3.76. The maximum Gasteiger partial charge on any atom is 0.239 e. The van der Waals surface area contributed by atoms with Crippen molar-refractivity contribution in [2.45, 2.75) is 20.4 Å². The average Bonchev–Trinajstić information content (AvgIpc) is 3.11. The minimum atomic E-state index is -0.0280. The molecule has 3 N–H and O–H groups in total. The zero-order valence-corrected chi connectivity index (χ0v) is 15.4. The summed E-state index contributed by atoms with van der Waals surface area (Å²) < 4.78 is 1.83. The van der Waals surface area contributed by atoms with Gasteiger partial charge in [0.2, 0.25) is 5.91 Å². The van der Waals surface area contributed by atoms with Gasteiger partial charge in [0.15, 0.2) is 0 Å². The number of carbonyl (C=O) groups is 1. The van der Waals surface area contributed by atoms with Crippen LogP contribution in [0.4, 0.5) is 17.5 Å². The van der Waals surface area contributed by atoms with E-state index in [0.717, 1.165) is 11.4 Å². The minimum absolute atomic E-state index is 0.0280. The normalized spacial score (nSPS) is 10.4. The van der Waals surface area contributed by atoms with Crippen LogP contribution in [0.2, 0.25) is 0 Å². The molecule has 0 atom stereocenters. The van der Waals surface area contributed by atoms with Crippen molar-refractivity contribution in [1.82, 2.24) is 24.8 Å². The van der Waals surface area contributed by atoms with Crippen LogP contribution in [0.3, 0.4) is 0 Å². The lowest BCUT2D eigenvalue weighted by Crippen LogP contribution is -2.31. The van der Waals surface area contributed by atoms with Gasteiger partial charge in [0, 0.05) is 37.7 Å². The molecular formula is C19H23N7O. The highest BCUT2D eigenvalue weighted by atomic mass is 16.1. The van der Waals surface area contributed by atoms with Crippen LogP contribution < -0.4 is 16.0 Å². The number of anilines is 3. The van der Waals surface area contributed by atoms with Crippen molar-refractivity contribution in [1.29, 1.82) is 0 Å². The topological polar surface area (TPSA) is 96.8 Å². The zero-order chi connectivity index (χ0) is 19.1. The molecule has 0 aromatic carbocycles. The van der Waals surface area contributed by atoms with Crippen LogP contribution in [-0.2, 0) is 11.3 Å². The van der Waals surface area contributed by atoms with E-state index in [1.54, 1.807) is 6.20 Å². The molecule has 0 spiro atoms. The maximum absolute atomic E-state index is 11.9. The molecule has 0 bridgehead atoms. The third kappa shape index (κ3) is 5.81. The molecule has 0 saturated heterocycles. The lowest BCUT2D eigenvalue weighted by molar-refractivity contribution is -0.121. The van der Waals surface area contributed by atoms with E-state index in [9.17, 15) is 4.79 Å². The molecule has 0 fully saturated rings. The van der Waals surface area contributed by atoms with Gasteiger partial charge in [0.1, 0.15) is 29.8 Å². The molecule has 0 aliphatic rings. The molecule has 1 amide bonds. The van der Waals surface area contributed by atoms with Gasteiger partial charge in [-0.1, -0.05) is 0 Å². The first kappa shape index (κ1) is 18.4. The highest BCUT2D eigenvalue weighted by Crippen LogP contribution is 2.16. The van der Waals surface area contributed by atoms with Crippen molar-refractivity contribution in [3.05, 3.63) is 60.3 Å². The van der Waals surface area contributed by atoms with Gasteiger partial charge in [-0.3, -0.25) is 4.79 Å². The molecule has 3 heterocycles. The lowest BCUT2D eigenvalue weighted by atomic mass is 10.3. The molecule has 3 aromatic rings. The molecule has 3 rings (SSSR count). The number of carbonyl (C=O) groups excluding carboxylic acids is 1. The molecule has 0 saturated carbocycles. The standard InChI is InChI=1S/C19H23N7O/c1-14-5-6-20-16(11-14)25-18-12-17(23-15(2)24-18)21-7-8-22-19(27)13-26-9-3-4-10-26/h3-6,9-12H,7-8,13H2,1-2H3,(H,22,27)(H2,20,21,23,24,25).